The van der Waals surface area contributed by atoms with Crippen LogP contribution in [0.1, 0.15) is 24.0 Å². The molecule has 1 aromatic heterocycles. The van der Waals surface area contributed by atoms with Crippen LogP contribution in [0.15, 0.2) is 108 Å². The zero-order valence-electron chi connectivity index (χ0n) is 19.1. The largest absolute Gasteiger partial charge is 0.496 e. The fourth-order valence-corrected chi connectivity index (χ4v) is 4.22. The van der Waals surface area contributed by atoms with Crippen molar-refractivity contribution in [3.63, 3.8) is 0 Å². The molecule has 4 heteroatoms. The van der Waals surface area contributed by atoms with Gasteiger partial charge in [-0.2, -0.15) is 0 Å². The van der Waals surface area contributed by atoms with Gasteiger partial charge in [-0.05, 0) is 72.5 Å². The topological polar surface area (TPSA) is 43.7 Å². The first-order valence-corrected chi connectivity index (χ1v) is 11.5. The Kier molecular flexibility index (Phi) is 6.48. The monoisotopic (exact) mass is 446 g/mol. The highest BCUT2D eigenvalue weighted by molar-refractivity contribution is 6.15. The molecule has 0 spiro atoms. The van der Waals surface area contributed by atoms with Crippen LogP contribution in [0.4, 0.5) is 0 Å². The fraction of sp³-hybridized carbons (Fsp3) is 0.133. The summed E-state index contributed by atoms with van der Waals surface area (Å²) in [6, 6.07) is 28.2. The van der Waals surface area contributed by atoms with Crippen molar-refractivity contribution in [3.05, 3.63) is 114 Å². The zero-order valence-corrected chi connectivity index (χ0v) is 19.1. The molecule has 168 valence electrons. The lowest BCUT2D eigenvalue weighted by Crippen LogP contribution is -2.11. The normalized spacial score (nSPS) is 14.5. The number of hydrogen-bond donors (Lipinski definition) is 0. The van der Waals surface area contributed by atoms with Crippen molar-refractivity contribution < 1.29 is 9.47 Å². The number of ether oxygens (including phenoxy) is 2. The van der Waals surface area contributed by atoms with Gasteiger partial charge in [0.1, 0.15) is 17.2 Å². The Labute approximate surface area is 200 Å². The maximum absolute atomic E-state index is 6.23. The van der Waals surface area contributed by atoms with E-state index in [0.717, 1.165) is 64.6 Å². The molecule has 0 N–H and O–H groups in total. The van der Waals surface area contributed by atoms with Crippen molar-refractivity contribution in [2.45, 2.75) is 12.8 Å². The fourth-order valence-electron chi connectivity index (χ4n) is 4.22. The van der Waals surface area contributed by atoms with Crippen LogP contribution in [0.5, 0.6) is 17.2 Å². The Balaban J connectivity index is 1.55. The Bertz CT molecular complexity index is 1330. The number of pyridine rings is 1. The molecule has 1 aliphatic heterocycles. The molecule has 4 nitrogen and oxygen atoms in total. The smallest absolute Gasteiger partial charge is 0.135 e. The Morgan fingerprint density at radius 3 is 2.50 bits per heavy atom. The number of nitrogens with zero attached hydrogens (tertiary/aromatic N) is 2. The van der Waals surface area contributed by atoms with Crippen LogP contribution in [0.3, 0.4) is 0 Å². The molecule has 0 aliphatic carbocycles. The van der Waals surface area contributed by atoms with Gasteiger partial charge in [0.25, 0.3) is 0 Å². The minimum Gasteiger partial charge on any atom is -0.496 e. The number of allylic oxidation sites excluding steroid dienone is 1. The van der Waals surface area contributed by atoms with E-state index in [1.165, 1.54) is 5.57 Å². The van der Waals surface area contributed by atoms with Crippen LogP contribution < -0.4 is 9.47 Å². The molecule has 4 aromatic rings. The van der Waals surface area contributed by atoms with Crippen LogP contribution >= 0.6 is 0 Å². The van der Waals surface area contributed by atoms with Crippen LogP contribution in [-0.2, 0) is 0 Å². The maximum atomic E-state index is 6.23. The third-order valence-electron chi connectivity index (χ3n) is 5.83. The minimum atomic E-state index is 0.784. The van der Waals surface area contributed by atoms with E-state index >= 15 is 0 Å². The summed E-state index contributed by atoms with van der Waals surface area (Å²) >= 11 is 0. The standard InChI is InChI=1S/C30H26N2O2/c1-33-28-16-15-22(19-23-9-8-18-32-30(23)24-10-7-17-31-21-24)20-27(28)26-13-5-6-14-29(26)34-25-11-3-2-4-12-25/h2-7,10-17,19-21H,8-9,18H2,1H3/b23-19+. The van der Waals surface area contributed by atoms with Gasteiger partial charge in [0.15, 0.2) is 0 Å². The average Bonchev–Trinajstić information content (AvgIpc) is 2.90. The molecule has 0 fully saturated rings. The molecule has 0 saturated carbocycles. The van der Waals surface area contributed by atoms with Crippen molar-refractivity contribution in [1.82, 2.24) is 4.98 Å². The number of benzene rings is 3. The lowest BCUT2D eigenvalue weighted by Gasteiger charge is -2.17. The summed E-state index contributed by atoms with van der Waals surface area (Å²) in [6.07, 6.45) is 7.94. The summed E-state index contributed by atoms with van der Waals surface area (Å²) in [5.74, 6) is 2.38. The van der Waals surface area contributed by atoms with Gasteiger partial charge in [0.05, 0.1) is 12.8 Å². The molecule has 0 amide bonds. The highest BCUT2D eigenvalue weighted by Crippen LogP contribution is 2.39. The first kappa shape index (κ1) is 21.7. The van der Waals surface area contributed by atoms with Crippen molar-refractivity contribution in [3.8, 4) is 28.4 Å². The summed E-state index contributed by atoms with van der Waals surface area (Å²) in [4.78, 5) is 9.10. The average molecular weight is 447 g/mol. The van der Waals surface area contributed by atoms with E-state index in [1.54, 1.807) is 13.3 Å². The number of aromatic nitrogens is 1. The number of methoxy groups -OCH3 is 1. The van der Waals surface area contributed by atoms with E-state index in [0.29, 0.717) is 0 Å². The third kappa shape index (κ3) is 4.76. The van der Waals surface area contributed by atoms with Gasteiger partial charge in [-0.25, -0.2) is 0 Å². The molecule has 0 radical (unpaired) electrons. The first-order valence-electron chi connectivity index (χ1n) is 11.5. The summed E-state index contributed by atoms with van der Waals surface area (Å²) in [7, 11) is 1.70. The van der Waals surface area contributed by atoms with Crippen molar-refractivity contribution in [1.29, 1.82) is 0 Å². The minimum absolute atomic E-state index is 0.784. The lowest BCUT2D eigenvalue weighted by atomic mass is 9.93. The van der Waals surface area contributed by atoms with Crippen molar-refractivity contribution in [2.24, 2.45) is 4.99 Å². The highest BCUT2D eigenvalue weighted by atomic mass is 16.5. The number of rotatable bonds is 6. The second-order valence-electron chi connectivity index (χ2n) is 8.12. The molecule has 0 saturated heterocycles. The second-order valence-corrected chi connectivity index (χ2v) is 8.12. The van der Waals surface area contributed by atoms with E-state index in [1.807, 2.05) is 66.9 Å². The SMILES string of the molecule is COc1ccc(/C=C2\CCCN=C2c2cccnc2)cc1-c1ccccc1Oc1ccccc1. The molecule has 0 bridgehead atoms. The molecule has 1 aliphatic rings. The molecule has 2 heterocycles. The predicted molar refractivity (Wildman–Crippen MR) is 138 cm³/mol. The van der Waals surface area contributed by atoms with Gasteiger partial charge < -0.3 is 9.47 Å². The summed E-state index contributed by atoms with van der Waals surface area (Å²) in [6.45, 7) is 0.847. The molecule has 0 atom stereocenters. The molecule has 3 aromatic carbocycles. The van der Waals surface area contributed by atoms with Gasteiger partial charge in [-0.15, -0.1) is 0 Å². The van der Waals surface area contributed by atoms with Crippen LogP contribution in [0.2, 0.25) is 0 Å². The van der Waals surface area contributed by atoms with Gasteiger partial charge >= 0.3 is 0 Å². The number of aliphatic imine (C=N–C) groups is 1. The van der Waals surface area contributed by atoms with E-state index in [4.69, 9.17) is 14.5 Å². The van der Waals surface area contributed by atoms with Crippen LogP contribution in [-0.4, -0.2) is 24.4 Å². The summed E-state index contributed by atoms with van der Waals surface area (Å²) < 4.78 is 12.0. The Morgan fingerprint density at radius 2 is 1.68 bits per heavy atom. The van der Waals surface area contributed by atoms with Crippen molar-refractivity contribution in [2.75, 3.05) is 13.7 Å². The molecular formula is C30H26N2O2. The Hall–Kier alpha value is -4.18. The third-order valence-corrected chi connectivity index (χ3v) is 5.83. The zero-order chi connectivity index (χ0) is 23.2. The predicted octanol–water partition coefficient (Wildman–Crippen LogP) is 7.22. The van der Waals surface area contributed by atoms with Gasteiger partial charge in [-0.3, -0.25) is 9.98 Å². The first-order chi connectivity index (χ1) is 16.8. The van der Waals surface area contributed by atoms with E-state index in [9.17, 15) is 0 Å². The van der Waals surface area contributed by atoms with Crippen LogP contribution in [0.25, 0.3) is 17.2 Å². The maximum Gasteiger partial charge on any atom is 0.135 e. The van der Waals surface area contributed by atoms with Crippen molar-refractivity contribution >= 4 is 11.8 Å². The summed E-state index contributed by atoms with van der Waals surface area (Å²) in [5, 5.41) is 0. The van der Waals surface area contributed by atoms with E-state index < -0.39 is 0 Å². The molecule has 0 unspecified atom stereocenters. The lowest BCUT2D eigenvalue weighted by molar-refractivity contribution is 0.416. The van der Waals surface area contributed by atoms with Gasteiger partial charge in [-0.1, -0.05) is 42.5 Å². The molecular weight excluding hydrogens is 420 g/mol. The quantitative estimate of drug-likeness (QED) is 0.314. The number of para-hydroxylation sites is 2. The molecule has 5 rings (SSSR count). The number of hydrogen-bond acceptors (Lipinski definition) is 4. The molecule has 34 heavy (non-hydrogen) atoms. The van der Waals surface area contributed by atoms with Crippen LogP contribution in [0, 0.1) is 0 Å². The highest BCUT2D eigenvalue weighted by Gasteiger charge is 2.16. The van der Waals surface area contributed by atoms with Gasteiger partial charge in [0, 0.05) is 35.6 Å². The van der Waals surface area contributed by atoms with Gasteiger partial charge in [0.2, 0.25) is 0 Å². The second kappa shape index (κ2) is 10.2. The Morgan fingerprint density at radius 1 is 0.824 bits per heavy atom. The van der Waals surface area contributed by atoms with E-state index in [-0.39, 0.29) is 0 Å². The summed E-state index contributed by atoms with van der Waals surface area (Å²) in [5.41, 5.74) is 6.38. The van der Waals surface area contributed by atoms with E-state index in [2.05, 4.69) is 35.3 Å².